The molecule has 0 aromatic carbocycles. The van der Waals surface area contributed by atoms with Crippen LogP contribution in [-0.4, -0.2) is 11.8 Å². The van der Waals surface area contributed by atoms with Crippen molar-refractivity contribution in [3.05, 3.63) is 16.0 Å². The topological polar surface area (TPSA) is 72.2 Å². The molecule has 1 aromatic rings. The van der Waals surface area contributed by atoms with Gasteiger partial charge in [0.25, 0.3) is 5.91 Å². The van der Waals surface area contributed by atoms with Gasteiger partial charge in [-0.05, 0) is 43.6 Å². The van der Waals surface area contributed by atoms with Crippen LogP contribution in [0.3, 0.4) is 0 Å². The highest BCUT2D eigenvalue weighted by atomic mass is 32.1. The second-order valence-electron chi connectivity index (χ2n) is 6.87. The fraction of sp³-hybridized carbons (Fsp3) is 0.667. The van der Waals surface area contributed by atoms with E-state index in [1.165, 1.54) is 37.0 Å². The molecule has 1 saturated carbocycles. The normalized spacial score (nSPS) is 18.4. The van der Waals surface area contributed by atoms with Gasteiger partial charge in [-0.2, -0.15) is 0 Å². The molecule has 23 heavy (non-hydrogen) atoms. The molecule has 0 radical (unpaired) electrons. The maximum absolute atomic E-state index is 12.3. The van der Waals surface area contributed by atoms with Gasteiger partial charge in [-0.15, -0.1) is 11.3 Å². The van der Waals surface area contributed by atoms with E-state index in [1.54, 1.807) is 11.3 Å². The molecule has 4 nitrogen and oxygen atoms in total. The van der Waals surface area contributed by atoms with Crippen molar-refractivity contribution in [2.45, 2.75) is 70.6 Å². The van der Waals surface area contributed by atoms with Gasteiger partial charge in [0.1, 0.15) is 5.00 Å². The first-order valence-corrected chi connectivity index (χ1v) is 9.71. The summed E-state index contributed by atoms with van der Waals surface area (Å²) in [5, 5.41) is 3.65. The van der Waals surface area contributed by atoms with Crippen molar-refractivity contribution in [2.24, 2.45) is 11.7 Å². The molecule has 3 rings (SSSR count). The maximum Gasteiger partial charge on any atom is 0.251 e. The van der Waals surface area contributed by atoms with Gasteiger partial charge < -0.3 is 11.1 Å². The van der Waals surface area contributed by atoms with Crippen molar-refractivity contribution in [3.63, 3.8) is 0 Å². The molecule has 0 unspecified atom stereocenters. The molecule has 1 heterocycles. The van der Waals surface area contributed by atoms with E-state index in [1.807, 2.05) is 0 Å². The number of hydrogen-bond acceptors (Lipinski definition) is 3. The van der Waals surface area contributed by atoms with Crippen LogP contribution in [0.25, 0.3) is 0 Å². The van der Waals surface area contributed by atoms with Crippen LogP contribution in [0.1, 0.15) is 78.6 Å². The highest BCUT2D eigenvalue weighted by molar-refractivity contribution is 7.17. The predicted molar refractivity (Wildman–Crippen MR) is 93.9 cm³/mol. The van der Waals surface area contributed by atoms with Gasteiger partial charge in [0.05, 0.1) is 5.56 Å². The van der Waals surface area contributed by atoms with Crippen LogP contribution < -0.4 is 11.1 Å². The lowest BCUT2D eigenvalue weighted by atomic mass is 10.0. The number of fused-ring (bicyclic) bond motifs is 1. The summed E-state index contributed by atoms with van der Waals surface area (Å²) in [5.74, 6) is 0.322. The third-order valence-electron chi connectivity index (χ3n) is 5.18. The monoisotopic (exact) mass is 334 g/mol. The lowest BCUT2D eigenvalue weighted by Crippen LogP contribution is -2.18. The molecule has 2 aliphatic rings. The molecule has 1 fully saturated rings. The Morgan fingerprint density at radius 3 is 2.57 bits per heavy atom. The van der Waals surface area contributed by atoms with Crippen molar-refractivity contribution in [3.8, 4) is 0 Å². The number of thiophene rings is 1. The number of carbonyl (C=O) groups excluding carboxylic acids is 2. The molecule has 0 aliphatic heterocycles. The third-order valence-corrected chi connectivity index (χ3v) is 6.38. The SMILES string of the molecule is NC(=O)c1c(NC(=O)CCC2CCCC2)sc2c1CCCCC2. The summed E-state index contributed by atoms with van der Waals surface area (Å²) in [6, 6.07) is 0. The second kappa shape index (κ2) is 7.47. The molecule has 126 valence electrons. The largest absolute Gasteiger partial charge is 0.365 e. The van der Waals surface area contributed by atoms with E-state index >= 15 is 0 Å². The quantitative estimate of drug-likeness (QED) is 0.798. The molecule has 0 bridgehead atoms. The zero-order chi connectivity index (χ0) is 16.2. The van der Waals surface area contributed by atoms with Crippen molar-refractivity contribution in [2.75, 3.05) is 5.32 Å². The Balaban J connectivity index is 1.68. The number of hydrogen-bond donors (Lipinski definition) is 2. The summed E-state index contributed by atoms with van der Waals surface area (Å²) in [6.07, 6.45) is 12.0. The molecule has 5 heteroatoms. The summed E-state index contributed by atoms with van der Waals surface area (Å²) in [7, 11) is 0. The summed E-state index contributed by atoms with van der Waals surface area (Å²) in [6.45, 7) is 0. The second-order valence-corrected chi connectivity index (χ2v) is 7.98. The molecule has 0 spiro atoms. The highest BCUT2D eigenvalue weighted by Gasteiger charge is 2.24. The first kappa shape index (κ1) is 16.5. The van der Waals surface area contributed by atoms with Gasteiger partial charge in [0.15, 0.2) is 0 Å². The molecular weight excluding hydrogens is 308 g/mol. The van der Waals surface area contributed by atoms with E-state index in [-0.39, 0.29) is 5.91 Å². The smallest absolute Gasteiger partial charge is 0.251 e. The van der Waals surface area contributed by atoms with Gasteiger partial charge in [-0.3, -0.25) is 9.59 Å². The fourth-order valence-corrected chi connectivity index (χ4v) is 5.23. The fourth-order valence-electron chi connectivity index (χ4n) is 3.91. The van der Waals surface area contributed by atoms with E-state index in [0.717, 1.165) is 37.7 Å². The highest BCUT2D eigenvalue weighted by Crippen LogP contribution is 2.37. The summed E-state index contributed by atoms with van der Waals surface area (Å²) < 4.78 is 0. The van der Waals surface area contributed by atoms with E-state index < -0.39 is 5.91 Å². The van der Waals surface area contributed by atoms with Gasteiger partial charge in [0.2, 0.25) is 5.91 Å². The summed E-state index contributed by atoms with van der Waals surface area (Å²) in [5.41, 5.74) is 7.26. The maximum atomic E-state index is 12.3. The van der Waals surface area contributed by atoms with E-state index in [9.17, 15) is 9.59 Å². The molecule has 1 aromatic heterocycles. The predicted octanol–water partition coefficient (Wildman–Crippen LogP) is 4.02. The molecule has 0 atom stereocenters. The number of primary amides is 1. The van der Waals surface area contributed by atoms with E-state index in [0.29, 0.717) is 22.9 Å². The minimum absolute atomic E-state index is 0.0239. The molecule has 2 amide bonds. The Labute approximate surface area is 141 Å². The number of carbonyl (C=O) groups is 2. The molecular formula is C18H26N2O2S. The van der Waals surface area contributed by atoms with Crippen LogP contribution in [0, 0.1) is 5.92 Å². The van der Waals surface area contributed by atoms with Crippen LogP contribution in [0.15, 0.2) is 0 Å². The van der Waals surface area contributed by atoms with Crippen LogP contribution in [0.2, 0.25) is 0 Å². The van der Waals surface area contributed by atoms with Crippen molar-refractivity contribution in [1.82, 2.24) is 0 Å². The van der Waals surface area contributed by atoms with Crippen molar-refractivity contribution in [1.29, 1.82) is 0 Å². The van der Waals surface area contributed by atoms with Crippen molar-refractivity contribution < 1.29 is 9.59 Å². The summed E-state index contributed by atoms with van der Waals surface area (Å²) in [4.78, 5) is 25.4. The Bertz CT molecular complexity index is 588. The number of aryl methyl sites for hydroxylation is 1. The average molecular weight is 334 g/mol. The van der Waals surface area contributed by atoms with Gasteiger partial charge >= 0.3 is 0 Å². The number of anilines is 1. The van der Waals surface area contributed by atoms with Crippen molar-refractivity contribution >= 4 is 28.2 Å². The molecule has 0 saturated heterocycles. The Kier molecular flexibility index (Phi) is 5.36. The number of amides is 2. The van der Waals surface area contributed by atoms with Gasteiger partial charge in [-0.1, -0.05) is 32.1 Å². The number of nitrogens with two attached hydrogens (primary N) is 1. The zero-order valence-electron chi connectivity index (χ0n) is 13.7. The standard InChI is InChI=1S/C18H26N2O2S/c19-17(22)16-13-8-2-1-3-9-14(13)23-18(16)20-15(21)11-10-12-6-4-5-7-12/h12H,1-11H2,(H2,19,22)(H,20,21). The molecule has 2 aliphatic carbocycles. The van der Waals surface area contributed by atoms with E-state index in [4.69, 9.17) is 5.73 Å². The first-order valence-electron chi connectivity index (χ1n) is 8.89. The van der Waals surface area contributed by atoms with E-state index in [2.05, 4.69) is 5.32 Å². The summed E-state index contributed by atoms with van der Waals surface area (Å²) >= 11 is 1.56. The Morgan fingerprint density at radius 2 is 1.83 bits per heavy atom. The molecule has 3 N–H and O–H groups in total. The lowest BCUT2D eigenvalue weighted by Gasteiger charge is -2.09. The Morgan fingerprint density at radius 1 is 1.09 bits per heavy atom. The first-order chi connectivity index (χ1) is 11.1. The number of nitrogens with one attached hydrogen (secondary N) is 1. The van der Waals surface area contributed by atoms with Crippen LogP contribution in [-0.2, 0) is 17.6 Å². The van der Waals surface area contributed by atoms with Crippen LogP contribution >= 0.6 is 11.3 Å². The Hall–Kier alpha value is -1.36. The van der Waals surface area contributed by atoms with Crippen LogP contribution in [0.5, 0.6) is 0 Å². The lowest BCUT2D eigenvalue weighted by molar-refractivity contribution is -0.116. The van der Waals surface area contributed by atoms with Crippen LogP contribution in [0.4, 0.5) is 5.00 Å². The minimum atomic E-state index is -0.407. The number of rotatable bonds is 5. The third kappa shape index (κ3) is 3.94. The minimum Gasteiger partial charge on any atom is -0.365 e. The van der Waals surface area contributed by atoms with Gasteiger partial charge in [0, 0.05) is 11.3 Å². The average Bonchev–Trinajstić information content (AvgIpc) is 3.08. The zero-order valence-corrected chi connectivity index (χ0v) is 14.5. The van der Waals surface area contributed by atoms with Gasteiger partial charge in [-0.25, -0.2) is 0 Å².